The van der Waals surface area contributed by atoms with E-state index in [1.54, 1.807) is 12.1 Å². The summed E-state index contributed by atoms with van der Waals surface area (Å²) in [7, 11) is -3.93. The minimum absolute atomic E-state index is 0.0310. The molecule has 0 spiro atoms. The maximum absolute atomic E-state index is 12.7. The molecule has 6 nitrogen and oxygen atoms in total. The normalized spacial score (nSPS) is 11.5. The van der Waals surface area contributed by atoms with Crippen LogP contribution in [0, 0.1) is 0 Å². The van der Waals surface area contributed by atoms with Crippen molar-refractivity contribution in [3.8, 4) is 0 Å². The van der Waals surface area contributed by atoms with Crippen LogP contribution in [0.2, 0.25) is 10.0 Å². The second kappa shape index (κ2) is 8.53. The largest absolute Gasteiger partial charge is 0.467 e. The lowest BCUT2D eigenvalue weighted by molar-refractivity contribution is -0.121. The van der Waals surface area contributed by atoms with Gasteiger partial charge in [-0.3, -0.25) is 4.79 Å². The Balaban J connectivity index is 2.13. The van der Waals surface area contributed by atoms with Crippen molar-refractivity contribution in [1.82, 2.24) is 9.62 Å². The number of nitrogens with zero attached hydrogens (tertiary/aromatic N) is 1. The minimum Gasteiger partial charge on any atom is -0.467 e. The predicted molar refractivity (Wildman–Crippen MR) is 96.0 cm³/mol. The lowest BCUT2D eigenvalue weighted by Gasteiger charge is -2.20. The van der Waals surface area contributed by atoms with E-state index < -0.39 is 15.9 Å². The topological polar surface area (TPSA) is 79.6 Å². The molecule has 0 radical (unpaired) electrons. The van der Waals surface area contributed by atoms with Gasteiger partial charge < -0.3 is 9.73 Å². The molecule has 0 aliphatic heterocycles. The molecule has 1 amide bonds. The smallest absolute Gasteiger partial charge is 0.243 e. The monoisotopic (exact) mass is 402 g/mol. The highest BCUT2D eigenvalue weighted by molar-refractivity contribution is 7.89. The summed E-state index contributed by atoms with van der Waals surface area (Å²) in [6.07, 6.45) is 2.88. The van der Waals surface area contributed by atoms with Gasteiger partial charge in [-0.1, -0.05) is 29.3 Å². The van der Waals surface area contributed by atoms with Crippen LogP contribution in [-0.2, 0) is 21.4 Å². The van der Waals surface area contributed by atoms with Gasteiger partial charge in [0.2, 0.25) is 15.9 Å². The van der Waals surface area contributed by atoms with E-state index in [9.17, 15) is 13.2 Å². The zero-order chi connectivity index (χ0) is 18.4. The molecule has 0 aliphatic rings. The molecular weight excluding hydrogens is 387 g/mol. The van der Waals surface area contributed by atoms with Crippen LogP contribution in [0.1, 0.15) is 5.76 Å². The van der Waals surface area contributed by atoms with E-state index >= 15 is 0 Å². The fourth-order valence-electron chi connectivity index (χ4n) is 1.99. The van der Waals surface area contributed by atoms with Gasteiger partial charge in [-0.05, 0) is 30.3 Å². The molecule has 25 heavy (non-hydrogen) atoms. The molecule has 134 valence electrons. The molecule has 0 fully saturated rings. The Morgan fingerprint density at radius 2 is 2.04 bits per heavy atom. The molecule has 2 rings (SSSR count). The molecule has 0 unspecified atom stereocenters. The average Bonchev–Trinajstić information content (AvgIpc) is 3.08. The third-order valence-corrected chi connectivity index (χ3v) is 5.77. The van der Waals surface area contributed by atoms with E-state index in [1.165, 1.54) is 30.5 Å². The molecule has 9 heteroatoms. The van der Waals surface area contributed by atoms with E-state index in [0.717, 1.165) is 4.31 Å². The lowest BCUT2D eigenvalue weighted by Crippen LogP contribution is -2.40. The first-order valence-electron chi connectivity index (χ1n) is 7.19. The van der Waals surface area contributed by atoms with Crippen molar-refractivity contribution in [2.75, 3.05) is 13.1 Å². The maximum atomic E-state index is 12.7. The van der Waals surface area contributed by atoms with Gasteiger partial charge in [-0.15, -0.1) is 6.58 Å². The van der Waals surface area contributed by atoms with Gasteiger partial charge in [-0.25, -0.2) is 8.42 Å². The number of sulfonamides is 1. The highest BCUT2D eigenvalue weighted by Crippen LogP contribution is 2.26. The molecule has 1 aromatic heterocycles. The van der Waals surface area contributed by atoms with Gasteiger partial charge in [0.15, 0.2) is 0 Å². The lowest BCUT2D eigenvalue weighted by atomic mass is 10.4. The summed E-state index contributed by atoms with van der Waals surface area (Å²) < 4.78 is 31.6. The van der Waals surface area contributed by atoms with Gasteiger partial charge in [0, 0.05) is 6.54 Å². The first-order chi connectivity index (χ1) is 11.8. The average molecular weight is 403 g/mol. The summed E-state index contributed by atoms with van der Waals surface area (Å²) in [5.41, 5.74) is 0. The molecule has 1 heterocycles. The van der Waals surface area contributed by atoms with Crippen molar-refractivity contribution in [2.45, 2.75) is 11.4 Å². The number of carbonyl (C=O) groups is 1. The van der Waals surface area contributed by atoms with Crippen LogP contribution in [0.4, 0.5) is 0 Å². The molecule has 2 aromatic rings. The number of amides is 1. The fourth-order valence-corrected chi connectivity index (χ4v) is 3.75. The molecule has 0 saturated carbocycles. The second-order valence-corrected chi connectivity index (χ2v) is 7.77. The zero-order valence-corrected chi connectivity index (χ0v) is 15.4. The van der Waals surface area contributed by atoms with Crippen molar-refractivity contribution in [1.29, 1.82) is 0 Å². The van der Waals surface area contributed by atoms with E-state index in [-0.39, 0.29) is 34.6 Å². The maximum Gasteiger partial charge on any atom is 0.243 e. The van der Waals surface area contributed by atoms with Crippen molar-refractivity contribution < 1.29 is 17.6 Å². The van der Waals surface area contributed by atoms with Crippen LogP contribution in [0.15, 0.2) is 58.6 Å². The Labute approximate surface area is 156 Å². The van der Waals surface area contributed by atoms with Crippen molar-refractivity contribution >= 4 is 39.1 Å². The molecule has 1 aromatic carbocycles. The summed E-state index contributed by atoms with van der Waals surface area (Å²) in [5, 5.41) is 2.95. The second-order valence-electron chi connectivity index (χ2n) is 5.02. The van der Waals surface area contributed by atoms with Crippen LogP contribution in [0.25, 0.3) is 0 Å². The Hall–Kier alpha value is -1.80. The molecule has 0 saturated heterocycles. The van der Waals surface area contributed by atoms with Crippen LogP contribution >= 0.6 is 23.2 Å². The van der Waals surface area contributed by atoms with E-state index in [2.05, 4.69) is 11.9 Å². The van der Waals surface area contributed by atoms with E-state index in [0.29, 0.717) is 5.76 Å². The standard InChI is InChI=1S/C16H16Cl2N2O4S/c1-2-7-20(11-16(21)19-10-12-4-3-8-24-12)25(22,23)13-5-6-14(17)15(18)9-13/h2-6,8-9H,1,7,10-11H2,(H,19,21). The van der Waals surface area contributed by atoms with Crippen molar-refractivity contribution in [2.24, 2.45) is 0 Å². The minimum atomic E-state index is -3.93. The highest BCUT2D eigenvalue weighted by Gasteiger charge is 2.26. The molecule has 0 bridgehead atoms. The fraction of sp³-hybridized carbons (Fsp3) is 0.188. The summed E-state index contributed by atoms with van der Waals surface area (Å²) in [5.74, 6) is 0.0952. The third kappa shape index (κ3) is 5.09. The third-order valence-electron chi connectivity index (χ3n) is 3.22. The van der Waals surface area contributed by atoms with Crippen LogP contribution < -0.4 is 5.32 Å². The number of benzene rings is 1. The number of halogens is 2. The van der Waals surface area contributed by atoms with Gasteiger partial charge >= 0.3 is 0 Å². The van der Waals surface area contributed by atoms with Gasteiger partial charge in [0.05, 0.1) is 34.3 Å². The number of carbonyl (C=O) groups excluding carboxylic acids is 1. The number of nitrogens with one attached hydrogen (secondary N) is 1. The van der Waals surface area contributed by atoms with Crippen molar-refractivity contribution in [3.05, 3.63) is 65.1 Å². The Bertz CT molecular complexity index is 851. The summed E-state index contributed by atoms with van der Waals surface area (Å²) in [6, 6.07) is 7.37. The van der Waals surface area contributed by atoms with Gasteiger partial charge in [-0.2, -0.15) is 4.31 Å². The Kier molecular flexibility index (Phi) is 6.66. The van der Waals surface area contributed by atoms with Gasteiger partial charge in [0.1, 0.15) is 5.76 Å². The number of hydrogen-bond donors (Lipinski definition) is 1. The predicted octanol–water partition coefficient (Wildman–Crippen LogP) is 3.08. The van der Waals surface area contributed by atoms with Crippen molar-refractivity contribution in [3.63, 3.8) is 0 Å². The summed E-state index contributed by atoms with van der Waals surface area (Å²) in [6.45, 7) is 3.30. The van der Waals surface area contributed by atoms with Gasteiger partial charge in [0.25, 0.3) is 0 Å². The highest BCUT2D eigenvalue weighted by atomic mass is 35.5. The first-order valence-corrected chi connectivity index (χ1v) is 9.39. The number of furan rings is 1. The molecule has 0 aliphatic carbocycles. The molecule has 0 atom stereocenters. The Morgan fingerprint density at radius 3 is 2.64 bits per heavy atom. The van der Waals surface area contributed by atoms with Crippen LogP contribution in [0.3, 0.4) is 0 Å². The summed E-state index contributed by atoms with van der Waals surface area (Å²) in [4.78, 5) is 12.0. The number of rotatable bonds is 8. The quantitative estimate of drug-likeness (QED) is 0.687. The number of hydrogen-bond acceptors (Lipinski definition) is 4. The SMILES string of the molecule is C=CCN(CC(=O)NCc1ccco1)S(=O)(=O)c1ccc(Cl)c(Cl)c1. The zero-order valence-electron chi connectivity index (χ0n) is 13.1. The summed E-state index contributed by atoms with van der Waals surface area (Å²) >= 11 is 11.7. The van der Waals surface area contributed by atoms with Crippen LogP contribution in [0.5, 0.6) is 0 Å². The Morgan fingerprint density at radius 1 is 1.28 bits per heavy atom. The van der Waals surface area contributed by atoms with Crippen LogP contribution in [-0.4, -0.2) is 31.7 Å². The van der Waals surface area contributed by atoms with E-state index in [4.69, 9.17) is 27.6 Å². The first kappa shape index (κ1) is 19.5. The van der Waals surface area contributed by atoms with E-state index in [1.807, 2.05) is 0 Å². The molecule has 1 N–H and O–H groups in total. The molecular formula is C16H16Cl2N2O4S.